The van der Waals surface area contributed by atoms with Gasteiger partial charge in [0.25, 0.3) is 0 Å². The highest BCUT2D eigenvalue weighted by atomic mass is 32.2. The van der Waals surface area contributed by atoms with E-state index in [-0.39, 0.29) is 4.90 Å². The Hall–Kier alpha value is -1.85. The average molecular weight is 450 g/mol. The second-order valence-corrected chi connectivity index (χ2v) is 9.88. The molecule has 2 aromatic carbocycles. The van der Waals surface area contributed by atoms with Crippen LogP contribution in [0.4, 0.5) is 0 Å². The Labute approximate surface area is 181 Å². The summed E-state index contributed by atoms with van der Waals surface area (Å²) in [6.07, 6.45) is -3.88. The van der Waals surface area contributed by atoms with Crippen LogP contribution in [0.5, 0.6) is 0 Å². The predicted molar refractivity (Wildman–Crippen MR) is 112 cm³/mol. The molecule has 1 aliphatic heterocycles. The molecule has 0 radical (unpaired) electrons. The molecule has 1 aliphatic carbocycles. The molecule has 4 rings (SSSR count). The van der Waals surface area contributed by atoms with Crippen molar-refractivity contribution in [1.29, 1.82) is 0 Å². The molecule has 1 saturated heterocycles. The maximum Gasteiger partial charge on any atom is 0.238 e. The van der Waals surface area contributed by atoms with E-state index in [2.05, 4.69) is 0 Å². The Kier molecular flexibility index (Phi) is 6.19. The number of aliphatic hydroxyl groups excluding tert-OH is 4. The summed E-state index contributed by atoms with van der Waals surface area (Å²) in [5.74, 6) is 0.614. The number of sulfonamides is 1. The van der Waals surface area contributed by atoms with Crippen LogP contribution in [0, 0.1) is 0 Å². The van der Waals surface area contributed by atoms with Crippen molar-refractivity contribution in [3.63, 3.8) is 0 Å². The molecule has 5 atom stereocenters. The van der Waals surface area contributed by atoms with Gasteiger partial charge in [-0.3, -0.25) is 0 Å². The van der Waals surface area contributed by atoms with Gasteiger partial charge in [-0.15, -0.1) is 0 Å². The van der Waals surface area contributed by atoms with Crippen LogP contribution < -0.4 is 5.14 Å². The number of hydrogen-bond donors (Lipinski definition) is 5. The third kappa shape index (κ3) is 4.68. The first kappa shape index (κ1) is 22.3. The van der Waals surface area contributed by atoms with Crippen LogP contribution in [0.1, 0.15) is 47.1 Å². The quantitative estimate of drug-likeness (QED) is 0.426. The summed E-state index contributed by atoms with van der Waals surface area (Å²) in [5.41, 5.74) is 3.01. The van der Waals surface area contributed by atoms with E-state index in [0.29, 0.717) is 23.5 Å². The number of hydrogen-bond acceptors (Lipinski definition) is 7. The fourth-order valence-electron chi connectivity index (χ4n) is 4.11. The van der Waals surface area contributed by atoms with Crippen molar-refractivity contribution in [3.8, 4) is 0 Å². The van der Waals surface area contributed by atoms with Crippen molar-refractivity contribution in [2.24, 2.45) is 5.14 Å². The van der Waals surface area contributed by atoms with Gasteiger partial charge in [-0.25, -0.2) is 13.6 Å². The first-order valence-corrected chi connectivity index (χ1v) is 11.8. The summed E-state index contributed by atoms with van der Waals surface area (Å²) in [5, 5.41) is 45.3. The lowest BCUT2D eigenvalue weighted by atomic mass is 9.90. The predicted octanol–water partition coefficient (Wildman–Crippen LogP) is 0.317. The van der Waals surface area contributed by atoms with Gasteiger partial charge in [0.05, 0.1) is 11.5 Å². The number of ether oxygens (including phenoxy) is 1. The zero-order chi connectivity index (χ0) is 22.3. The molecule has 2 aliphatic rings. The van der Waals surface area contributed by atoms with Crippen LogP contribution >= 0.6 is 0 Å². The number of nitrogens with two attached hydrogens (primary N) is 1. The van der Waals surface area contributed by atoms with Gasteiger partial charge in [0.2, 0.25) is 10.0 Å². The molecule has 0 spiro atoms. The van der Waals surface area contributed by atoms with Gasteiger partial charge in [-0.05, 0) is 53.5 Å². The largest absolute Gasteiger partial charge is 0.394 e. The number of rotatable bonds is 6. The summed E-state index contributed by atoms with van der Waals surface area (Å²) in [4.78, 5) is -0.0351. The SMILES string of the molecule is NS(=O)(=O)c1ccc([C@@H]2O[C@H](CO)[C@@H](O)[C@H](O)[C@H]2O)cc1Cc1ccc(C2CC2)cc1. The smallest absolute Gasteiger partial charge is 0.238 e. The molecule has 2 fully saturated rings. The van der Waals surface area contributed by atoms with E-state index in [1.807, 2.05) is 24.3 Å². The second kappa shape index (κ2) is 8.59. The van der Waals surface area contributed by atoms with Crippen LogP contribution in [0.3, 0.4) is 0 Å². The fourth-order valence-corrected chi connectivity index (χ4v) is 4.87. The normalized spacial score (nSPS) is 29.1. The molecular formula is C22H27NO7S. The topological polar surface area (TPSA) is 150 Å². The van der Waals surface area contributed by atoms with Gasteiger partial charge in [-0.2, -0.15) is 0 Å². The van der Waals surface area contributed by atoms with E-state index in [9.17, 15) is 28.8 Å². The number of aliphatic hydroxyl groups is 4. The Morgan fingerprint density at radius 1 is 0.935 bits per heavy atom. The van der Waals surface area contributed by atoms with E-state index in [0.717, 1.165) is 5.56 Å². The fraction of sp³-hybridized carbons (Fsp3) is 0.455. The molecule has 1 heterocycles. The minimum Gasteiger partial charge on any atom is -0.394 e. The molecule has 0 aromatic heterocycles. The Bertz CT molecular complexity index is 1030. The van der Waals surface area contributed by atoms with Gasteiger partial charge in [0, 0.05) is 0 Å². The maximum absolute atomic E-state index is 12.1. The van der Waals surface area contributed by atoms with Gasteiger partial charge in [0.1, 0.15) is 30.5 Å². The molecule has 1 saturated carbocycles. The van der Waals surface area contributed by atoms with E-state index < -0.39 is 47.2 Å². The Balaban J connectivity index is 1.67. The molecule has 2 aromatic rings. The van der Waals surface area contributed by atoms with Crippen LogP contribution in [-0.2, 0) is 21.2 Å². The highest BCUT2D eigenvalue weighted by Crippen LogP contribution is 2.40. The van der Waals surface area contributed by atoms with Crippen molar-refractivity contribution in [2.45, 2.75) is 60.6 Å². The maximum atomic E-state index is 12.1. The zero-order valence-electron chi connectivity index (χ0n) is 16.8. The van der Waals surface area contributed by atoms with E-state index in [1.165, 1.54) is 30.5 Å². The average Bonchev–Trinajstić information content (AvgIpc) is 3.57. The Morgan fingerprint density at radius 2 is 1.58 bits per heavy atom. The highest BCUT2D eigenvalue weighted by molar-refractivity contribution is 7.89. The summed E-state index contributed by atoms with van der Waals surface area (Å²) in [7, 11) is -3.99. The highest BCUT2D eigenvalue weighted by Gasteiger charge is 2.44. The van der Waals surface area contributed by atoms with Crippen LogP contribution in [0.15, 0.2) is 47.4 Å². The molecule has 168 valence electrons. The van der Waals surface area contributed by atoms with E-state index in [4.69, 9.17) is 9.88 Å². The second-order valence-electron chi connectivity index (χ2n) is 8.35. The summed E-state index contributed by atoms with van der Waals surface area (Å²) < 4.78 is 29.9. The lowest BCUT2D eigenvalue weighted by Gasteiger charge is -2.40. The molecule has 0 amide bonds. The molecule has 6 N–H and O–H groups in total. The zero-order valence-corrected chi connectivity index (χ0v) is 17.6. The van der Waals surface area contributed by atoms with Gasteiger partial charge in [0.15, 0.2) is 0 Å². The summed E-state index contributed by atoms with van der Waals surface area (Å²) >= 11 is 0. The molecule has 0 bridgehead atoms. The molecule has 31 heavy (non-hydrogen) atoms. The van der Waals surface area contributed by atoms with Crippen LogP contribution in [0.25, 0.3) is 0 Å². The molecule has 8 nitrogen and oxygen atoms in total. The van der Waals surface area contributed by atoms with Gasteiger partial charge >= 0.3 is 0 Å². The third-order valence-electron chi connectivity index (χ3n) is 6.03. The van der Waals surface area contributed by atoms with Crippen molar-refractivity contribution < 1.29 is 33.6 Å². The lowest BCUT2D eigenvalue weighted by molar-refractivity contribution is -0.231. The van der Waals surface area contributed by atoms with Crippen molar-refractivity contribution in [3.05, 3.63) is 64.7 Å². The van der Waals surface area contributed by atoms with E-state index in [1.54, 1.807) is 6.07 Å². The standard InChI is InChI=1S/C22H27NO7S/c23-31(28,29)18-8-7-15(22-21(27)20(26)19(25)17(11-24)30-22)10-16(18)9-12-1-3-13(4-2-12)14-5-6-14/h1-4,7-8,10,14,17,19-22,24-27H,5-6,9,11H2,(H2,23,28,29)/t17-,19-,20+,21-,22+/m1/s1. The number of benzene rings is 2. The summed E-state index contributed by atoms with van der Waals surface area (Å²) in [6, 6.07) is 12.4. The molecular weight excluding hydrogens is 422 g/mol. The van der Waals surface area contributed by atoms with Crippen LogP contribution in [-0.4, -0.2) is 59.9 Å². The summed E-state index contributed by atoms with van der Waals surface area (Å²) in [6.45, 7) is -0.545. The minimum absolute atomic E-state index is 0.0351. The van der Waals surface area contributed by atoms with Crippen LogP contribution in [0.2, 0.25) is 0 Å². The molecule has 9 heteroatoms. The Morgan fingerprint density at radius 3 is 2.16 bits per heavy atom. The van der Waals surface area contributed by atoms with Crippen molar-refractivity contribution in [2.75, 3.05) is 6.61 Å². The third-order valence-corrected chi connectivity index (χ3v) is 7.05. The monoisotopic (exact) mass is 449 g/mol. The first-order chi connectivity index (χ1) is 14.7. The van der Waals surface area contributed by atoms with Gasteiger partial charge in [-0.1, -0.05) is 36.4 Å². The first-order valence-electron chi connectivity index (χ1n) is 10.2. The molecule has 0 unspecified atom stereocenters. The number of primary sulfonamides is 1. The van der Waals surface area contributed by atoms with Gasteiger partial charge < -0.3 is 25.2 Å². The van der Waals surface area contributed by atoms with Crippen molar-refractivity contribution in [1.82, 2.24) is 0 Å². The van der Waals surface area contributed by atoms with Crippen molar-refractivity contribution >= 4 is 10.0 Å². The van der Waals surface area contributed by atoms with E-state index >= 15 is 0 Å². The lowest BCUT2D eigenvalue weighted by Crippen LogP contribution is -2.55. The minimum atomic E-state index is -3.99.